The summed E-state index contributed by atoms with van der Waals surface area (Å²) in [5.41, 5.74) is -0.299. The van der Waals surface area contributed by atoms with Crippen LogP contribution in [-0.2, 0) is 22.3 Å². The van der Waals surface area contributed by atoms with E-state index in [0.29, 0.717) is 18.5 Å². The number of amides is 1. The van der Waals surface area contributed by atoms with Gasteiger partial charge in [-0.3, -0.25) is 4.79 Å². The molecular weight excluding hydrogens is 285 g/mol. The summed E-state index contributed by atoms with van der Waals surface area (Å²) in [6, 6.07) is 4.57. The third kappa shape index (κ3) is 4.18. The van der Waals surface area contributed by atoms with E-state index < -0.39 is 11.7 Å². The zero-order chi connectivity index (χ0) is 15.5. The van der Waals surface area contributed by atoms with Gasteiger partial charge in [-0.1, -0.05) is 12.1 Å². The van der Waals surface area contributed by atoms with Crippen LogP contribution in [-0.4, -0.2) is 31.7 Å². The first-order chi connectivity index (χ1) is 9.90. The highest BCUT2D eigenvalue weighted by molar-refractivity contribution is 5.82. The number of hydrogen-bond acceptors (Lipinski definition) is 3. The van der Waals surface area contributed by atoms with Crippen molar-refractivity contribution in [1.29, 1.82) is 0 Å². The lowest BCUT2D eigenvalue weighted by Gasteiger charge is -2.12. The fourth-order valence-electron chi connectivity index (χ4n) is 2.25. The molecule has 2 atom stereocenters. The molecule has 1 saturated heterocycles. The van der Waals surface area contributed by atoms with Crippen molar-refractivity contribution in [1.82, 2.24) is 10.6 Å². The van der Waals surface area contributed by atoms with Gasteiger partial charge in [0.05, 0.1) is 17.7 Å². The minimum Gasteiger partial charge on any atom is -0.380 e. The van der Waals surface area contributed by atoms with Gasteiger partial charge in [-0.2, -0.15) is 13.2 Å². The largest absolute Gasteiger partial charge is 0.416 e. The van der Waals surface area contributed by atoms with E-state index in [1.54, 1.807) is 13.2 Å². The quantitative estimate of drug-likeness (QED) is 0.890. The Balaban J connectivity index is 1.90. The molecule has 2 rings (SSSR count). The fourth-order valence-corrected chi connectivity index (χ4v) is 2.25. The van der Waals surface area contributed by atoms with Gasteiger partial charge >= 0.3 is 6.18 Å². The smallest absolute Gasteiger partial charge is 0.380 e. The second kappa shape index (κ2) is 6.44. The molecule has 116 valence electrons. The molecular formula is C14H17F3N2O2. The number of halogens is 3. The minimum atomic E-state index is -4.38. The molecule has 0 aliphatic carbocycles. The number of carbonyl (C=O) groups is 1. The van der Waals surface area contributed by atoms with Gasteiger partial charge in [-0.25, -0.2) is 0 Å². The number of hydrogen-bond donors (Lipinski definition) is 2. The maximum atomic E-state index is 12.6. The van der Waals surface area contributed by atoms with E-state index >= 15 is 0 Å². The van der Waals surface area contributed by atoms with Crippen molar-refractivity contribution in [3.8, 4) is 0 Å². The van der Waals surface area contributed by atoms with Crippen LogP contribution in [0.3, 0.4) is 0 Å². The highest BCUT2D eigenvalue weighted by atomic mass is 19.4. The number of nitrogens with one attached hydrogen (secondary N) is 2. The SMILES string of the molecule is COC1CNC(C(=O)NCc2cccc(C(F)(F)F)c2)C1. The van der Waals surface area contributed by atoms with Gasteiger partial charge in [-0.05, 0) is 24.1 Å². The normalized spacial score (nSPS) is 22.3. The number of carbonyl (C=O) groups excluding carboxylic acids is 1. The average Bonchev–Trinajstić information content (AvgIpc) is 2.93. The zero-order valence-electron chi connectivity index (χ0n) is 11.5. The van der Waals surface area contributed by atoms with Crippen molar-refractivity contribution in [3.05, 3.63) is 35.4 Å². The maximum Gasteiger partial charge on any atom is 0.416 e. The summed E-state index contributed by atoms with van der Waals surface area (Å²) >= 11 is 0. The van der Waals surface area contributed by atoms with Crippen molar-refractivity contribution in [2.75, 3.05) is 13.7 Å². The van der Waals surface area contributed by atoms with Crippen molar-refractivity contribution < 1.29 is 22.7 Å². The van der Waals surface area contributed by atoms with Crippen molar-refractivity contribution in [3.63, 3.8) is 0 Å². The molecule has 0 radical (unpaired) electrons. The summed E-state index contributed by atoms with van der Waals surface area (Å²) < 4.78 is 42.9. The van der Waals surface area contributed by atoms with Crippen LogP contribution in [0, 0.1) is 0 Å². The molecule has 0 aromatic heterocycles. The van der Waals surface area contributed by atoms with Crippen LogP contribution in [0.1, 0.15) is 17.5 Å². The molecule has 0 saturated carbocycles. The van der Waals surface area contributed by atoms with Crippen molar-refractivity contribution in [2.24, 2.45) is 0 Å². The van der Waals surface area contributed by atoms with Gasteiger partial charge in [-0.15, -0.1) is 0 Å². The molecule has 1 aliphatic heterocycles. The molecule has 2 N–H and O–H groups in total. The monoisotopic (exact) mass is 302 g/mol. The first-order valence-electron chi connectivity index (χ1n) is 6.60. The van der Waals surface area contributed by atoms with Gasteiger partial charge in [0.15, 0.2) is 0 Å². The molecule has 7 heteroatoms. The lowest BCUT2D eigenvalue weighted by molar-refractivity contribution is -0.137. The van der Waals surface area contributed by atoms with Gasteiger partial charge in [0.2, 0.25) is 5.91 Å². The first-order valence-corrected chi connectivity index (χ1v) is 6.60. The predicted octanol–water partition coefficient (Wildman–Crippen LogP) is 1.70. The first kappa shape index (κ1) is 15.8. The van der Waals surface area contributed by atoms with Gasteiger partial charge in [0.1, 0.15) is 0 Å². The van der Waals surface area contributed by atoms with E-state index in [0.717, 1.165) is 12.1 Å². The minimum absolute atomic E-state index is 0.00527. The third-order valence-electron chi connectivity index (χ3n) is 3.46. The Morgan fingerprint density at radius 2 is 2.24 bits per heavy atom. The van der Waals surface area contributed by atoms with E-state index in [1.165, 1.54) is 6.07 Å². The average molecular weight is 302 g/mol. The Morgan fingerprint density at radius 3 is 2.86 bits per heavy atom. The van der Waals surface area contributed by atoms with Crippen molar-refractivity contribution >= 4 is 5.91 Å². The predicted molar refractivity (Wildman–Crippen MR) is 70.5 cm³/mol. The highest BCUT2D eigenvalue weighted by Gasteiger charge is 2.31. The summed E-state index contributed by atoms with van der Waals surface area (Å²) in [6.07, 6.45) is -3.82. The Hall–Kier alpha value is -1.60. The Bertz CT molecular complexity index is 505. The summed E-state index contributed by atoms with van der Waals surface area (Å²) in [4.78, 5) is 11.9. The summed E-state index contributed by atoms with van der Waals surface area (Å²) in [6.45, 7) is 0.663. The van der Waals surface area contributed by atoms with Crippen LogP contribution < -0.4 is 10.6 Å². The topological polar surface area (TPSA) is 50.4 Å². The number of rotatable bonds is 4. The van der Waals surface area contributed by atoms with E-state index in [4.69, 9.17) is 4.74 Å². The summed E-state index contributed by atoms with van der Waals surface area (Å²) in [7, 11) is 1.58. The van der Waals surface area contributed by atoms with E-state index in [2.05, 4.69) is 10.6 Å². The van der Waals surface area contributed by atoms with Crippen LogP contribution in [0.15, 0.2) is 24.3 Å². The lowest BCUT2D eigenvalue weighted by Crippen LogP contribution is -2.40. The summed E-state index contributed by atoms with van der Waals surface area (Å²) in [5, 5.41) is 5.65. The molecule has 0 spiro atoms. The van der Waals surface area contributed by atoms with Crippen LogP contribution in [0.25, 0.3) is 0 Å². The molecule has 1 fully saturated rings. The summed E-state index contributed by atoms with van der Waals surface area (Å²) in [5.74, 6) is -0.230. The molecule has 1 aromatic rings. The molecule has 21 heavy (non-hydrogen) atoms. The van der Waals surface area contributed by atoms with Crippen molar-refractivity contribution in [2.45, 2.75) is 31.3 Å². The second-order valence-corrected chi connectivity index (χ2v) is 4.97. The molecule has 1 aliphatic rings. The van der Waals surface area contributed by atoms with Gasteiger partial charge in [0.25, 0.3) is 0 Å². The van der Waals surface area contributed by atoms with Crippen LogP contribution in [0.2, 0.25) is 0 Å². The zero-order valence-corrected chi connectivity index (χ0v) is 11.5. The standard InChI is InChI=1S/C14H17F3N2O2/c1-21-11-6-12(18-8-11)13(20)19-7-9-3-2-4-10(5-9)14(15,16)17/h2-5,11-12,18H,6-8H2,1H3,(H,19,20). The highest BCUT2D eigenvalue weighted by Crippen LogP contribution is 2.29. The third-order valence-corrected chi connectivity index (χ3v) is 3.46. The van der Waals surface area contributed by atoms with E-state index in [9.17, 15) is 18.0 Å². The number of benzene rings is 1. The van der Waals surface area contributed by atoms with E-state index in [-0.39, 0.29) is 24.6 Å². The van der Waals surface area contributed by atoms with Crippen LogP contribution in [0.5, 0.6) is 0 Å². The molecule has 1 heterocycles. The molecule has 2 unspecified atom stereocenters. The Labute approximate surface area is 120 Å². The van der Waals surface area contributed by atoms with Crippen LogP contribution in [0.4, 0.5) is 13.2 Å². The van der Waals surface area contributed by atoms with Gasteiger partial charge in [0, 0.05) is 20.2 Å². The molecule has 0 bridgehead atoms. The van der Waals surface area contributed by atoms with E-state index in [1.807, 2.05) is 0 Å². The molecule has 4 nitrogen and oxygen atoms in total. The Kier molecular flexibility index (Phi) is 4.84. The number of ether oxygens (including phenoxy) is 1. The molecule has 1 amide bonds. The Morgan fingerprint density at radius 1 is 1.48 bits per heavy atom. The number of methoxy groups -OCH3 is 1. The second-order valence-electron chi connectivity index (χ2n) is 4.97. The fraction of sp³-hybridized carbons (Fsp3) is 0.500. The van der Waals surface area contributed by atoms with Crippen LogP contribution >= 0.6 is 0 Å². The number of alkyl halides is 3. The lowest BCUT2D eigenvalue weighted by atomic mass is 10.1. The van der Waals surface area contributed by atoms with Gasteiger partial charge < -0.3 is 15.4 Å². The molecule has 1 aromatic carbocycles. The maximum absolute atomic E-state index is 12.6.